The molecule has 3 heteroatoms. The van der Waals surface area contributed by atoms with Gasteiger partial charge in [0, 0.05) is 0 Å². The minimum atomic E-state index is -1.86. The minimum absolute atomic E-state index is 0.865. The van der Waals surface area contributed by atoms with Crippen molar-refractivity contribution in [1.82, 2.24) is 0 Å². The fourth-order valence-electron chi connectivity index (χ4n) is 1.15. The zero-order valence-corrected chi connectivity index (χ0v) is 14.0. The van der Waals surface area contributed by atoms with E-state index in [1.54, 1.807) is 10.7 Å². The van der Waals surface area contributed by atoms with Gasteiger partial charge in [0.15, 0.2) is 0 Å². The first-order chi connectivity index (χ1) is 5.67. The van der Waals surface area contributed by atoms with Gasteiger partial charge in [-0.1, -0.05) is 0 Å². The van der Waals surface area contributed by atoms with E-state index in [2.05, 4.69) is 40.2 Å². The summed E-state index contributed by atoms with van der Waals surface area (Å²) in [4.78, 5) is 7.37. The first-order valence-corrected chi connectivity index (χ1v) is 18.4. The summed E-state index contributed by atoms with van der Waals surface area (Å²) < 4.78 is 6.93. The van der Waals surface area contributed by atoms with Crippen molar-refractivity contribution in [2.24, 2.45) is 0 Å². The molecule has 0 radical (unpaired) electrons. The summed E-state index contributed by atoms with van der Waals surface area (Å²) in [6, 6.07) is 0. The predicted molar refractivity (Wildman–Crippen MR) is 66.7 cm³/mol. The molecule has 0 N–H and O–H groups in total. The molecule has 0 atom stereocenters. The van der Waals surface area contributed by atoms with Crippen LogP contribution in [0, 0.1) is 0 Å². The van der Waals surface area contributed by atoms with E-state index in [4.69, 9.17) is 4.74 Å². The summed E-state index contributed by atoms with van der Waals surface area (Å²) in [6.07, 6.45) is 0. The van der Waals surface area contributed by atoms with Crippen molar-refractivity contribution in [3.63, 3.8) is 0 Å². The van der Waals surface area contributed by atoms with Crippen molar-refractivity contribution in [3.8, 4) is 0 Å². The second-order valence-electron chi connectivity index (χ2n) is 5.72. The molecule has 0 saturated carbocycles. The molecule has 0 aromatic carbocycles. The molecule has 0 bridgehead atoms. The Morgan fingerprint density at radius 1 is 1.23 bits per heavy atom. The molecule has 0 unspecified atom stereocenters. The normalized spacial score (nSPS) is 14.8. The monoisotopic (exact) mass is 308 g/mol. The standard InChI is InChI=1S/C7H15OSi.3CH3.Sn/c1-8-6-5-7-9(2,3)4;;;;/h7H,6H2,1-4H3;3*1H3;. The van der Waals surface area contributed by atoms with Crippen molar-refractivity contribution >= 4 is 26.5 Å². The van der Waals surface area contributed by atoms with Gasteiger partial charge in [0.1, 0.15) is 0 Å². The molecule has 0 rings (SSSR count). The average Bonchev–Trinajstić information content (AvgIpc) is 1.81. The number of ether oxygens (including phenoxy) is 1. The molecule has 0 spiro atoms. The van der Waals surface area contributed by atoms with Crippen molar-refractivity contribution in [1.29, 1.82) is 0 Å². The van der Waals surface area contributed by atoms with Crippen LogP contribution >= 0.6 is 0 Å². The average molecular weight is 307 g/mol. The SMILES string of the molecule is COC/[C](=C/[Si](C)(C)C)[Sn]([CH3])([CH3])[CH3]. The van der Waals surface area contributed by atoms with Gasteiger partial charge in [-0.2, -0.15) is 0 Å². The van der Waals surface area contributed by atoms with E-state index in [1.165, 1.54) is 0 Å². The van der Waals surface area contributed by atoms with Gasteiger partial charge in [-0.25, -0.2) is 0 Å². The van der Waals surface area contributed by atoms with Gasteiger partial charge in [0.25, 0.3) is 0 Å². The maximum absolute atomic E-state index is 5.28. The van der Waals surface area contributed by atoms with E-state index in [1.807, 2.05) is 0 Å². The molecule has 1 nitrogen and oxygen atoms in total. The molecule has 0 aromatic heterocycles. The summed E-state index contributed by atoms with van der Waals surface area (Å²) in [5, 5.41) is 0. The van der Waals surface area contributed by atoms with E-state index >= 15 is 0 Å². The second kappa shape index (κ2) is 4.98. The summed E-state index contributed by atoms with van der Waals surface area (Å²) in [6.45, 7) is 8.03. The third kappa shape index (κ3) is 6.74. The van der Waals surface area contributed by atoms with Crippen molar-refractivity contribution in [3.05, 3.63) is 9.29 Å². The fraction of sp³-hybridized carbons (Fsp3) is 0.800. The van der Waals surface area contributed by atoms with Gasteiger partial charge >= 0.3 is 88.7 Å². The first-order valence-electron chi connectivity index (χ1n) is 4.88. The topological polar surface area (TPSA) is 9.23 Å². The van der Waals surface area contributed by atoms with Crippen LogP contribution < -0.4 is 0 Å². The van der Waals surface area contributed by atoms with Crippen LogP contribution in [0.25, 0.3) is 0 Å². The molecule has 0 aliphatic rings. The molecule has 78 valence electrons. The van der Waals surface area contributed by atoms with Gasteiger partial charge in [0.2, 0.25) is 0 Å². The Labute approximate surface area is 88.4 Å². The van der Waals surface area contributed by atoms with E-state index < -0.39 is 26.5 Å². The molecule has 0 heterocycles. The van der Waals surface area contributed by atoms with Gasteiger partial charge in [-0.3, -0.25) is 0 Å². The second-order valence-corrected chi connectivity index (χ2v) is 25.4. The molecular weight excluding hydrogens is 283 g/mol. The number of hydrogen-bond acceptors (Lipinski definition) is 1. The Bertz CT molecular complexity index is 186. The third-order valence-corrected chi connectivity index (χ3v) is 10.2. The van der Waals surface area contributed by atoms with Crippen molar-refractivity contribution in [2.75, 3.05) is 13.7 Å². The summed E-state index contributed by atoms with van der Waals surface area (Å²) in [5.41, 5.74) is 2.55. The van der Waals surface area contributed by atoms with Crippen LogP contribution in [-0.4, -0.2) is 40.2 Å². The summed E-state index contributed by atoms with van der Waals surface area (Å²) in [7, 11) is 0.744. The zero-order chi connectivity index (χ0) is 10.7. The number of hydrogen-bond donors (Lipinski definition) is 0. The van der Waals surface area contributed by atoms with E-state index in [0.717, 1.165) is 6.61 Å². The maximum atomic E-state index is 5.28. The van der Waals surface area contributed by atoms with Gasteiger partial charge in [-0.15, -0.1) is 0 Å². The van der Waals surface area contributed by atoms with Crippen LogP contribution in [0.4, 0.5) is 0 Å². The molecule has 0 fully saturated rings. The Hall–Kier alpha value is 0.716. The van der Waals surface area contributed by atoms with E-state index in [9.17, 15) is 0 Å². The molecule has 0 amide bonds. The molecule has 0 aromatic rings. The molecule has 0 aliphatic carbocycles. The van der Waals surface area contributed by atoms with Gasteiger partial charge in [0.05, 0.1) is 0 Å². The van der Waals surface area contributed by atoms with E-state index in [-0.39, 0.29) is 0 Å². The third-order valence-electron chi connectivity index (χ3n) is 1.87. The van der Waals surface area contributed by atoms with E-state index in [0.29, 0.717) is 0 Å². The van der Waals surface area contributed by atoms with Crippen LogP contribution in [0.1, 0.15) is 0 Å². The van der Waals surface area contributed by atoms with Crippen molar-refractivity contribution in [2.45, 2.75) is 34.5 Å². The van der Waals surface area contributed by atoms with Crippen LogP contribution in [0.3, 0.4) is 0 Å². The predicted octanol–water partition coefficient (Wildman–Crippen LogP) is 3.31. The quantitative estimate of drug-likeness (QED) is 0.724. The van der Waals surface area contributed by atoms with Gasteiger partial charge < -0.3 is 0 Å². The first kappa shape index (κ1) is 13.7. The fourth-order valence-corrected chi connectivity index (χ4v) is 11.8. The molecule has 0 aliphatic heterocycles. The Morgan fingerprint density at radius 3 is 1.92 bits per heavy atom. The Morgan fingerprint density at radius 2 is 1.69 bits per heavy atom. The summed E-state index contributed by atoms with van der Waals surface area (Å²) in [5.74, 6) is 0. The Balaban J connectivity index is 4.71. The van der Waals surface area contributed by atoms with Crippen LogP contribution in [0.2, 0.25) is 34.5 Å². The van der Waals surface area contributed by atoms with Crippen LogP contribution in [0.5, 0.6) is 0 Å². The van der Waals surface area contributed by atoms with Crippen molar-refractivity contribution < 1.29 is 4.74 Å². The number of methoxy groups -OCH3 is 1. The molecular formula is C10H24OSiSn. The Kier molecular flexibility index (Phi) is 5.26. The number of rotatable bonds is 4. The van der Waals surface area contributed by atoms with Crippen LogP contribution in [-0.2, 0) is 4.74 Å². The van der Waals surface area contributed by atoms with Crippen LogP contribution in [0.15, 0.2) is 9.29 Å². The molecule has 0 saturated heterocycles. The summed E-state index contributed by atoms with van der Waals surface area (Å²) >= 11 is -1.86. The molecule has 13 heavy (non-hydrogen) atoms. The van der Waals surface area contributed by atoms with Gasteiger partial charge in [-0.05, 0) is 0 Å². The zero-order valence-electron chi connectivity index (χ0n) is 10.2.